The van der Waals surface area contributed by atoms with E-state index in [1.807, 2.05) is 30.3 Å². The summed E-state index contributed by atoms with van der Waals surface area (Å²) in [6, 6.07) is 11.5. The molecule has 1 saturated carbocycles. The van der Waals surface area contributed by atoms with Crippen LogP contribution in [0.25, 0.3) is 5.82 Å². The maximum atomic E-state index is 12.4. The minimum atomic E-state index is 0.00314. The van der Waals surface area contributed by atoms with Gasteiger partial charge in [0.1, 0.15) is 18.4 Å². The van der Waals surface area contributed by atoms with E-state index in [1.54, 1.807) is 30.4 Å². The average Bonchev–Trinajstić information content (AvgIpc) is 3.28. The Morgan fingerprint density at radius 1 is 1.24 bits per heavy atom. The van der Waals surface area contributed by atoms with E-state index < -0.39 is 0 Å². The van der Waals surface area contributed by atoms with Crippen molar-refractivity contribution in [3.8, 4) is 11.6 Å². The van der Waals surface area contributed by atoms with Gasteiger partial charge in [0.2, 0.25) is 5.91 Å². The van der Waals surface area contributed by atoms with Gasteiger partial charge in [0.25, 0.3) is 0 Å². The Morgan fingerprint density at radius 3 is 2.72 bits per heavy atom. The molecule has 0 spiro atoms. The molecule has 1 amide bonds. The fraction of sp³-hybridized carbons (Fsp3) is 0.222. The number of benzene rings is 1. The lowest BCUT2D eigenvalue weighted by Crippen LogP contribution is -2.15. The van der Waals surface area contributed by atoms with Crippen molar-refractivity contribution >= 4 is 11.6 Å². The molecule has 2 atom stereocenters. The monoisotopic (exact) mass is 335 g/mol. The number of hydrogen-bond donors (Lipinski definition) is 1. The van der Waals surface area contributed by atoms with E-state index in [1.165, 1.54) is 11.9 Å². The van der Waals surface area contributed by atoms with Gasteiger partial charge in [-0.1, -0.05) is 12.1 Å². The maximum absolute atomic E-state index is 12.4. The van der Waals surface area contributed by atoms with Crippen LogP contribution in [0.2, 0.25) is 0 Å². The van der Waals surface area contributed by atoms with Crippen LogP contribution in [0.15, 0.2) is 55.2 Å². The lowest BCUT2D eigenvalue weighted by Gasteiger charge is -2.06. The Labute approximate surface area is 144 Å². The Kier molecular flexibility index (Phi) is 3.89. The van der Waals surface area contributed by atoms with Crippen molar-refractivity contribution in [3.63, 3.8) is 0 Å². The molecule has 1 aromatic carbocycles. The maximum Gasteiger partial charge on any atom is 0.228 e. The third-order valence-electron chi connectivity index (χ3n) is 4.34. The molecule has 1 aliphatic rings. The summed E-state index contributed by atoms with van der Waals surface area (Å²) in [6.07, 6.45) is 5.51. The molecule has 0 bridgehead atoms. The molecule has 1 N–H and O–H groups in total. The molecular weight excluding hydrogens is 318 g/mol. The summed E-state index contributed by atoms with van der Waals surface area (Å²) in [6.45, 7) is 0. The number of nitrogens with one attached hydrogen (secondary N) is 1. The summed E-state index contributed by atoms with van der Waals surface area (Å²) >= 11 is 0. The van der Waals surface area contributed by atoms with Crippen molar-refractivity contribution < 1.29 is 9.53 Å². The van der Waals surface area contributed by atoms with E-state index in [0.717, 1.165) is 12.2 Å². The van der Waals surface area contributed by atoms with Crippen molar-refractivity contribution in [1.82, 2.24) is 19.7 Å². The summed E-state index contributed by atoms with van der Waals surface area (Å²) < 4.78 is 6.72. The number of carbonyl (C=O) groups is 1. The summed E-state index contributed by atoms with van der Waals surface area (Å²) in [4.78, 5) is 20.6. The molecule has 0 radical (unpaired) electrons. The lowest BCUT2D eigenvalue weighted by molar-refractivity contribution is -0.117. The number of pyridine rings is 1. The van der Waals surface area contributed by atoms with Crippen LogP contribution in [0.3, 0.4) is 0 Å². The Balaban J connectivity index is 1.38. The minimum Gasteiger partial charge on any atom is -0.497 e. The number of nitrogens with zero attached hydrogens (tertiary/aromatic N) is 4. The normalized spacial score (nSPS) is 18.6. The largest absolute Gasteiger partial charge is 0.497 e. The lowest BCUT2D eigenvalue weighted by atomic mass is 10.1. The predicted molar refractivity (Wildman–Crippen MR) is 91.6 cm³/mol. The molecule has 0 saturated heterocycles. The van der Waals surface area contributed by atoms with Gasteiger partial charge in [-0.05, 0) is 42.2 Å². The summed E-state index contributed by atoms with van der Waals surface area (Å²) in [5.74, 6) is 1.77. The Morgan fingerprint density at radius 2 is 2.08 bits per heavy atom. The number of ether oxygens (including phenoxy) is 1. The molecular formula is C18H17N5O2. The number of rotatable bonds is 5. The van der Waals surface area contributed by atoms with Crippen LogP contribution in [0.5, 0.6) is 5.75 Å². The molecule has 7 nitrogen and oxygen atoms in total. The van der Waals surface area contributed by atoms with Gasteiger partial charge in [-0.25, -0.2) is 14.6 Å². The second kappa shape index (κ2) is 6.35. The van der Waals surface area contributed by atoms with Crippen LogP contribution >= 0.6 is 0 Å². The number of amides is 1. The summed E-state index contributed by atoms with van der Waals surface area (Å²) in [5.41, 5.74) is 1.84. The van der Waals surface area contributed by atoms with Crippen molar-refractivity contribution in [3.05, 3.63) is 60.8 Å². The van der Waals surface area contributed by atoms with E-state index in [-0.39, 0.29) is 17.7 Å². The van der Waals surface area contributed by atoms with E-state index in [2.05, 4.69) is 20.4 Å². The first-order valence-corrected chi connectivity index (χ1v) is 8.00. The average molecular weight is 335 g/mol. The highest BCUT2D eigenvalue weighted by molar-refractivity contribution is 5.95. The molecule has 25 heavy (non-hydrogen) atoms. The van der Waals surface area contributed by atoms with Gasteiger partial charge in [-0.15, -0.1) is 0 Å². The van der Waals surface area contributed by atoms with Gasteiger partial charge in [0.15, 0.2) is 5.82 Å². The number of aromatic nitrogens is 4. The molecule has 7 heteroatoms. The highest BCUT2D eigenvalue weighted by atomic mass is 16.5. The standard InChI is InChI=1S/C18H17N5O2/c1-25-14-5-2-12(3-6-14)15-8-16(15)18(24)22-13-4-7-17(20-9-13)23-11-19-10-21-23/h2-7,9-11,15-16H,8H2,1H3,(H,22,24)/t15-,16-/m0/s1. The predicted octanol–water partition coefficient (Wildman–Crippen LogP) is 2.41. The zero-order chi connectivity index (χ0) is 17.2. The van der Waals surface area contributed by atoms with Gasteiger partial charge in [0.05, 0.1) is 19.0 Å². The third kappa shape index (κ3) is 3.21. The van der Waals surface area contributed by atoms with Crippen LogP contribution in [0.4, 0.5) is 5.69 Å². The first-order valence-electron chi connectivity index (χ1n) is 8.00. The van der Waals surface area contributed by atoms with Crippen molar-refractivity contribution in [2.75, 3.05) is 12.4 Å². The molecule has 0 aliphatic heterocycles. The van der Waals surface area contributed by atoms with Gasteiger partial charge in [0, 0.05) is 5.92 Å². The highest BCUT2D eigenvalue weighted by Gasteiger charge is 2.43. The second-order valence-electron chi connectivity index (χ2n) is 5.96. The van der Waals surface area contributed by atoms with E-state index in [9.17, 15) is 4.79 Å². The number of methoxy groups -OCH3 is 1. The number of anilines is 1. The fourth-order valence-electron chi connectivity index (χ4n) is 2.86. The topological polar surface area (TPSA) is 81.9 Å². The zero-order valence-electron chi connectivity index (χ0n) is 13.7. The molecule has 2 heterocycles. The van der Waals surface area contributed by atoms with Crippen LogP contribution in [0, 0.1) is 5.92 Å². The van der Waals surface area contributed by atoms with Gasteiger partial charge in [-0.3, -0.25) is 4.79 Å². The van der Waals surface area contributed by atoms with Crippen LogP contribution in [0.1, 0.15) is 17.9 Å². The Bertz CT molecular complexity index is 859. The van der Waals surface area contributed by atoms with E-state index in [0.29, 0.717) is 11.5 Å². The minimum absolute atomic E-state index is 0.00314. The van der Waals surface area contributed by atoms with E-state index >= 15 is 0 Å². The van der Waals surface area contributed by atoms with Gasteiger partial charge < -0.3 is 10.1 Å². The van der Waals surface area contributed by atoms with Crippen molar-refractivity contribution in [1.29, 1.82) is 0 Å². The third-order valence-corrected chi connectivity index (χ3v) is 4.34. The summed E-state index contributed by atoms with van der Waals surface area (Å²) in [5, 5.41) is 6.95. The second-order valence-corrected chi connectivity index (χ2v) is 5.96. The molecule has 4 rings (SSSR count). The number of hydrogen-bond acceptors (Lipinski definition) is 5. The summed E-state index contributed by atoms with van der Waals surface area (Å²) in [7, 11) is 1.64. The van der Waals surface area contributed by atoms with Crippen molar-refractivity contribution in [2.24, 2.45) is 5.92 Å². The van der Waals surface area contributed by atoms with Crippen LogP contribution in [-0.4, -0.2) is 32.8 Å². The molecule has 0 unspecified atom stereocenters. The van der Waals surface area contributed by atoms with Gasteiger partial charge >= 0.3 is 0 Å². The highest BCUT2D eigenvalue weighted by Crippen LogP contribution is 2.48. The van der Waals surface area contributed by atoms with Gasteiger partial charge in [-0.2, -0.15) is 5.10 Å². The molecule has 126 valence electrons. The Hall–Kier alpha value is -3.22. The first-order chi connectivity index (χ1) is 12.2. The quantitative estimate of drug-likeness (QED) is 0.774. The fourth-order valence-corrected chi connectivity index (χ4v) is 2.86. The smallest absolute Gasteiger partial charge is 0.228 e. The van der Waals surface area contributed by atoms with E-state index in [4.69, 9.17) is 4.74 Å². The van der Waals surface area contributed by atoms with Crippen LogP contribution in [-0.2, 0) is 4.79 Å². The molecule has 2 aromatic heterocycles. The molecule has 1 aliphatic carbocycles. The first kappa shape index (κ1) is 15.3. The van der Waals surface area contributed by atoms with Crippen LogP contribution < -0.4 is 10.1 Å². The molecule has 1 fully saturated rings. The zero-order valence-corrected chi connectivity index (χ0v) is 13.7. The van der Waals surface area contributed by atoms with Crippen molar-refractivity contribution in [2.45, 2.75) is 12.3 Å². The SMILES string of the molecule is COc1ccc([C@@H]2C[C@@H]2C(=O)Nc2ccc(-n3cncn3)nc2)cc1. The number of carbonyl (C=O) groups excluding carboxylic acids is 1. The molecule has 3 aromatic rings.